The number of rotatable bonds is 5. The van der Waals surface area contributed by atoms with Gasteiger partial charge in [-0.25, -0.2) is 9.59 Å². The summed E-state index contributed by atoms with van der Waals surface area (Å²) in [7, 11) is 0. The Balaban J connectivity index is 2.62. The number of hydrogen-bond acceptors (Lipinski definition) is 5. The SMILES string of the molecule is CCOC(=O)COC(=O)Nc1ccccc1OC(F)(F)F. The summed E-state index contributed by atoms with van der Waals surface area (Å²) in [6.07, 6.45) is -6.01. The maximum Gasteiger partial charge on any atom is 0.573 e. The van der Waals surface area contributed by atoms with Crippen LogP contribution in [0.15, 0.2) is 24.3 Å². The van der Waals surface area contributed by atoms with Gasteiger partial charge in [0.2, 0.25) is 0 Å². The average Bonchev–Trinajstić information content (AvgIpc) is 2.37. The number of alkyl halides is 3. The van der Waals surface area contributed by atoms with Gasteiger partial charge in [-0.1, -0.05) is 12.1 Å². The smallest absolute Gasteiger partial charge is 0.463 e. The molecule has 0 radical (unpaired) electrons. The number of hydrogen-bond donors (Lipinski definition) is 1. The van der Waals surface area contributed by atoms with Crippen LogP contribution in [-0.2, 0) is 14.3 Å². The van der Waals surface area contributed by atoms with Crippen molar-refractivity contribution in [3.8, 4) is 5.75 Å². The molecular formula is C12H12F3NO5. The summed E-state index contributed by atoms with van der Waals surface area (Å²) in [5.41, 5.74) is -0.247. The molecule has 0 fully saturated rings. The Kier molecular flexibility index (Phi) is 5.82. The van der Waals surface area contributed by atoms with E-state index in [2.05, 4.69) is 14.2 Å². The highest BCUT2D eigenvalue weighted by molar-refractivity contribution is 5.88. The van der Waals surface area contributed by atoms with E-state index in [1.54, 1.807) is 6.92 Å². The standard InChI is InChI=1S/C12H12F3NO5/c1-2-19-10(17)7-20-11(18)16-8-5-3-4-6-9(8)21-12(13,14)15/h3-6H,2,7H2,1H3,(H,16,18). The summed E-state index contributed by atoms with van der Waals surface area (Å²) < 4.78 is 49.2. The van der Waals surface area contributed by atoms with Crippen LogP contribution in [0.25, 0.3) is 0 Å². The molecular weight excluding hydrogens is 295 g/mol. The van der Waals surface area contributed by atoms with Gasteiger partial charge in [0, 0.05) is 0 Å². The number of esters is 1. The van der Waals surface area contributed by atoms with E-state index in [0.29, 0.717) is 0 Å². The Morgan fingerprint density at radius 3 is 2.48 bits per heavy atom. The van der Waals surface area contributed by atoms with Gasteiger partial charge < -0.3 is 14.2 Å². The third-order valence-electron chi connectivity index (χ3n) is 1.98. The van der Waals surface area contributed by atoms with Crippen molar-refractivity contribution in [1.29, 1.82) is 0 Å². The minimum Gasteiger partial charge on any atom is -0.463 e. The van der Waals surface area contributed by atoms with E-state index in [-0.39, 0.29) is 12.3 Å². The van der Waals surface area contributed by atoms with Crippen LogP contribution in [0, 0.1) is 0 Å². The van der Waals surface area contributed by atoms with Crippen molar-refractivity contribution < 1.29 is 37.0 Å². The highest BCUT2D eigenvalue weighted by atomic mass is 19.4. The second-order valence-electron chi connectivity index (χ2n) is 3.55. The van der Waals surface area contributed by atoms with Crippen molar-refractivity contribution in [3.63, 3.8) is 0 Å². The second kappa shape index (κ2) is 7.36. The van der Waals surface area contributed by atoms with Crippen LogP contribution in [0.5, 0.6) is 5.75 Å². The number of halogens is 3. The summed E-state index contributed by atoms with van der Waals surface area (Å²) in [6, 6.07) is 4.90. The van der Waals surface area contributed by atoms with E-state index in [9.17, 15) is 22.8 Å². The molecule has 0 aromatic heterocycles. The molecule has 1 rings (SSSR count). The molecule has 1 amide bonds. The Labute approximate surface area is 117 Å². The van der Waals surface area contributed by atoms with Gasteiger partial charge in [-0.2, -0.15) is 0 Å². The molecule has 0 heterocycles. The van der Waals surface area contributed by atoms with Gasteiger partial charge in [0.05, 0.1) is 12.3 Å². The number of amides is 1. The number of carbonyl (C=O) groups excluding carboxylic acids is 2. The van der Waals surface area contributed by atoms with Crippen molar-refractivity contribution in [2.24, 2.45) is 0 Å². The van der Waals surface area contributed by atoms with Crippen molar-refractivity contribution >= 4 is 17.7 Å². The molecule has 0 bridgehead atoms. The van der Waals surface area contributed by atoms with E-state index in [0.717, 1.165) is 6.07 Å². The minimum absolute atomic E-state index is 0.117. The molecule has 1 N–H and O–H groups in total. The molecule has 21 heavy (non-hydrogen) atoms. The van der Waals surface area contributed by atoms with Gasteiger partial charge in [-0.05, 0) is 19.1 Å². The average molecular weight is 307 g/mol. The van der Waals surface area contributed by atoms with Crippen molar-refractivity contribution in [2.75, 3.05) is 18.5 Å². The fourth-order valence-electron chi connectivity index (χ4n) is 1.26. The molecule has 0 saturated carbocycles. The lowest BCUT2D eigenvalue weighted by atomic mass is 10.3. The quantitative estimate of drug-likeness (QED) is 0.847. The monoisotopic (exact) mass is 307 g/mol. The van der Waals surface area contributed by atoms with Gasteiger partial charge in [-0.15, -0.1) is 13.2 Å². The zero-order valence-electron chi connectivity index (χ0n) is 10.9. The zero-order chi connectivity index (χ0) is 15.9. The molecule has 0 saturated heterocycles. The summed E-state index contributed by atoms with van der Waals surface area (Å²) in [5, 5.41) is 2.04. The van der Waals surface area contributed by atoms with E-state index < -0.39 is 30.8 Å². The van der Waals surface area contributed by atoms with Crippen molar-refractivity contribution in [1.82, 2.24) is 0 Å². The summed E-state index contributed by atoms with van der Waals surface area (Å²) >= 11 is 0. The molecule has 1 aromatic carbocycles. The van der Waals surface area contributed by atoms with Gasteiger partial charge in [0.25, 0.3) is 0 Å². The molecule has 0 aliphatic carbocycles. The third kappa shape index (κ3) is 6.50. The molecule has 6 nitrogen and oxygen atoms in total. The van der Waals surface area contributed by atoms with Gasteiger partial charge >= 0.3 is 18.4 Å². The zero-order valence-corrected chi connectivity index (χ0v) is 10.9. The van der Waals surface area contributed by atoms with Crippen LogP contribution < -0.4 is 10.1 Å². The molecule has 9 heteroatoms. The Hall–Kier alpha value is -2.45. The lowest BCUT2D eigenvalue weighted by Gasteiger charge is -2.13. The number of para-hydroxylation sites is 2. The first-order valence-electron chi connectivity index (χ1n) is 5.76. The second-order valence-corrected chi connectivity index (χ2v) is 3.55. The lowest BCUT2D eigenvalue weighted by molar-refractivity contribution is -0.274. The maximum atomic E-state index is 12.2. The van der Waals surface area contributed by atoms with E-state index in [1.807, 2.05) is 5.32 Å². The molecule has 0 unspecified atom stereocenters. The lowest BCUT2D eigenvalue weighted by Crippen LogP contribution is -2.22. The van der Waals surface area contributed by atoms with Crippen LogP contribution in [-0.4, -0.2) is 31.6 Å². The van der Waals surface area contributed by atoms with Gasteiger partial charge in [0.15, 0.2) is 12.4 Å². The predicted octanol–water partition coefficient (Wildman–Crippen LogP) is 2.70. The maximum absolute atomic E-state index is 12.2. The normalized spacial score (nSPS) is 10.7. The van der Waals surface area contributed by atoms with Crippen LogP contribution in [0.1, 0.15) is 6.92 Å². The highest BCUT2D eigenvalue weighted by Crippen LogP contribution is 2.29. The first kappa shape index (κ1) is 16.6. The topological polar surface area (TPSA) is 73.9 Å². The summed E-state index contributed by atoms with van der Waals surface area (Å²) in [6.45, 7) is 1.04. The number of anilines is 1. The fraction of sp³-hybridized carbons (Fsp3) is 0.333. The summed E-state index contributed by atoms with van der Waals surface area (Å²) in [5.74, 6) is -1.37. The minimum atomic E-state index is -4.90. The number of carbonyl (C=O) groups is 2. The first-order valence-corrected chi connectivity index (χ1v) is 5.76. The molecule has 0 atom stereocenters. The Morgan fingerprint density at radius 1 is 1.19 bits per heavy atom. The van der Waals surface area contributed by atoms with Crippen LogP contribution in [0.3, 0.4) is 0 Å². The molecule has 0 spiro atoms. The Morgan fingerprint density at radius 2 is 1.86 bits per heavy atom. The number of ether oxygens (including phenoxy) is 3. The predicted molar refractivity (Wildman–Crippen MR) is 64.7 cm³/mol. The highest BCUT2D eigenvalue weighted by Gasteiger charge is 2.32. The van der Waals surface area contributed by atoms with E-state index in [1.165, 1.54) is 18.2 Å². The first-order chi connectivity index (χ1) is 9.81. The van der Waals surface area contributed by atoms with Crippen molar-refractivity contribution in [2.45, 2.75) is 13.3 Å². The van der Waals surface area contributed by atoms with Crippen LogP contribution in [0.2, 0.25) is 0 Å². The van der Waals surface area contributed by atoms with Crippen LogP contribution in [0.4, 0.5) is 23.7 Å². The number of nitrogens with one attached hydrogen (secondary N) is 1. The van der Waals surface area contributed by atoms with E-state index >= 15 is 0 Å². The van der Waals surface area contributed by atoms with Gasteiger partial charge in [-0.3, -0.25) is 5.32 Å². The van der Waals surface area contributed by atoms with E-state index in [4.69, 9.17) is 0 Å². The van der Waals surface area contributed by atoms with Crippen molar-refractivity contribution in [3.05, 3.63) is 24.3 Å². The molecule has 0 aliphatic heterocycles. The Bertz CT molecular complexity index is 504. The largest absolute Gasteiger partial charge is 0.573 e. The molecule has 0 aliphatic rings. The summed E-state index contributed by atoms with van der Waals surface area (Å²) in [4.78, 5) is 22.3. The van der Waals surface area contributed by atoms with Crippen LogP contribution >= 0.6 is 0 Å². The number of benzene rings is 1. The van der Waals surface area contributed by atoms with Gasteiger partial charge in [0.1, 0.15) is 0 Å². The molecule has 116 valence electrons. The third-order valence-corrected chi connectivity index (χ3v) is 1.98. The molecule has 1 aromatic rings. The fourth-order valence-corrected chi connectivity index (χ4v) is 1.26.